The number of carbonyl (C=O) groups is 2. The van der Waals surface area contributed by atoms with Crippen molar-refractivity contribution in [3.05, 3.63) is 51.8 Å². The fourth-order valence-electron chi connectivity index (χ4n) is 2.60. The standard InChI is InChI=1S/C17H15Cl2N3O2/c18-12-4-5-14-15(7-12)22-16(21-14)8-20-17(24)10-2-1-3-11(9-23)13(19)6-10/h3-7,9-10H,1-2,8H2,(H,20,24)(H,21,22). The van der Waals surface area contributed by atoms with Crippen LogP contribution in [-0.2, 0) is 16.1 Å². The Bertz CT molecular complexity index is 855. The third-order valence-electron chi connectivity index (χ3n) is 3.85. The Kier molecular flexibility index (Phi) is 5.02. The van der Waals surface area contributed by atoms with Crippen LogP contribution in [0.1, 0.15) is 18.7 Å². The number of aldehydes is 1. The number of nitrogens with one attached hydrogen (secondary N) is 2. The molecule has 1 heterocycles. The van der Waals surface area contributed by atoms with Crippen molar-refractivity contribution in [2.45, 2.75) is 19.4 Å². The summed E-state index contributed by atoms with van der Waals surface area (Å²) >= 11 is 12.0. The summed E-state index contributed by atoms with van der Waals surface area (Å²) in [6.07, 6.45) is 5.32. The SMILES string of the molecule is O=CC1=CCCC(C(=O)NCc2nc3ccc(Cl)cc3[nH]2)C=C1Cl. The first-order valence-corrected chi connectivity index (χ1v) is 8.27. The fourth-order valence-corrected chi connectivity index (χ4v) is 3.05. The third kappa shape index (κ3) is 3.68. The van der Waals surface area contributed by atoms with E-state index in [1.807, 2.05) is 6.07 Å². The van der Waals surface area contributed by atoms with E-state index in [4.69, 9.17) is 23.2 Å². The molecule has 0 saturated heterocycles. The topological polar surface area (TPSA) is 74.8 Å². The molecule has 0 fully saturated rings. The predicted molar refractivity (Wildman–Crippen MR) is 93.8 cm³/mol. The molecule has 2 N–H and O–H groups in total. The number of benzene rings is 1. The molecule has 1 unspecified atom stereocenters. The zero-order valence-electron chi connectivity index (χ0n) is 12.7. The Hall–Kier alpha value is -2.11. The van der Waals surface area contributed by atoms with E-state index in [-0.39, 0.29) is 18.4 Å². The van der Waals surface area contributed by atoms with Gasteiger partial charge in [-0.25, -0.2) is 4.98 Å². The summed E-state index contributed by atoms with van der Waals surface area (Å²) in [7, 11) is 0. The molecule has 1 aliphatic carbocycles. The number of allylic oxidation sites excluding steroid dienone is 3. The van der Waals surface area contributed by atoms with Crippen molar-refractivity contribution in [2.24, 2.45) is 5.92 Å². The minimum atomic E-state index is -0.370. The van der Waals surface area contributed by atoms with Crippen LogP contribution in [0.3, 0.4) is 0 Å². The summed E-state index contributed by atoms with van der Waals surface area (Å²) in [6, 6.07) is 5.37. The van der Waals surface area contributed by atoms with E-state index < -0.39 is 0 Å². The van der Waals surface area contributed by atoms with Gasteiger partial charge in [0.25, 0.3) is 0 Å². The molecule has 0 spiro atoms. The molecule has 0 bridgehead atoms. The highest BCUT2D eigenvalue weighted by Crippen LogP contribution is 2.24. The van der Waals surface area contributed by atoms with Gasteiger partial charge in [-0.3, -0.25) is 9.59 Å². The average Bonchev–Trinajstić information content (AvgIpc) is 2.86. The molecule has 1 atom stereocenters. The van der Waals surface area contributed by atoms with Gasteiger partial charge in [0.1, 0.15) is 5.82 Å². The second-order valence-electron chi connectivity index (χ2n) is 5.54. The Morgan fingerprint density at radius 1 is 1.42 bits per heavy atom. The van der Waals surface area contributed by atoms with Crippen LogP contribution in [-0.4, -0.2) is 22.2 Å². The van der Waals surface area contributed by atoms with Crippen LogP contribution in [0.4, 0.5) is 0 Å². The lowest BCUT2D eigenvalue weighted by Crippen LogP contribution is -2.29. The smallest absolute Gasteiger partial charge is 0.227 e. The number of amides is 1. The molecule has 1 aromatic carbocycles. The van der Waals surface area contributed by atoms with Gasteiger partial charge in [-0.15, -0.1) is 0 Å². The average molecular weight is 364 g/mol. The largest absolute Gasteiger partial charge is 0.348 e. The zero-order chi connectivity index (χ0) is 17.1. The molecule has 1 amide bonds. The molecular weight excluding hydrogens is 349 g/mol. The van der Waals surface area contributed by atoms with Gasteiger partial charge in [0.15, 0.2) is 6.29 Å². The van der Waals surface area contributed by atoms with Gasteiger partial charge in [0.2, 0.25) is 5.91 Å². The minimum Gasteiger partial charge on any atom is -0.348 e. The number of hydrogen-bond donors (Lipinski definition) is 2. The molecule has 0 aliphatic heterocycles. The van der Waals surface area contributed by atoms with Crippen molar-refractivity contribution in [2.75, 3.05) is 0 Å². The van der Waals surface area contributed by atoms with E-state index in [0.717, 1.165) is 11.0 Å². The van der Waals surface area contributed by atoms with Crippen LogP contribution in [0.15, 0.2) is 41.0 Å². The van der Waals surface area contributed by atoms with Crippen molar-refractivity contribution in [1.82, 2.24) is 15.3 Å². The summed E-state index contributed by atoms with van der Waals surface area (Å²) in [5.41, 5.74) is 2.05. The van der Waals surface area contributed by atoms with Crippen molar-refractivity contribution in [3.8, 4) is 0 Å². The molecule has 1 aromatic heterocycles. The van der Waals surface area contributed by atoms with E-state index in [0.29, 0.717) is 40.6 Å². The first-order chi connectivity index (χ1) is 11.6. The van der Waals surface area contributed by atoms with Crippen molar-refractivity contribution < 1.29 is 9.59 Å². The lowest BCUT2D eigenvalue weighted by atomic mass is 10.0. The number of carbonyl (C=O) groups excluding carboxylic acids is 2. The Balaban J connectivity index is 1.66. The maximum Gasteiger partial charge on any atom is 0.227 e. The number of hydrogen-bond acceptors (Lipinski definition) is 3. The minimum absolute atomic E-state index is 0.146. The molecule has 24 heavy (non-hydrogen) atoms. The van der Waals surface area contributed by atoms with Gasteiger partial charge >= 0.3 is 0 Å². The fraction of sp³-hybridized carbons (Fsp3) is 0.235. The quantitative estimate of drug-likeness (QED) is 0.816. The maximum atomic E-state index is 12.3. The molecule has 0 radical (unpaired) electrons. The second-order valence-corrected chi connectivity index (χ2v) is 6.38. The highest BCUT2D eigenvalue weighted by atomic mass is 35.5. The van der Waals surface area contributed by atoms with Crippen molar-refractivity contribution >= 4 is 46.4 Å². The lowest BCUT2D eigenvalue weighted by Gasteiger charge is -2.11. The first-order valence-electron chi connectivity index (χ1n) is 7.51. The Morgan fingerprint density at radius 3 is 3.04 bits per heavy atom. The van der Waals surface area contributed by atoms with E-state index >= 15 is 0 Å². The molecule has 7 heteroatoms. The van der Waals surface area contributed by atoms with Crippen LogP contribution < -0.4 is 5.32 Å². The number of aromatic amines is 1. The molecule has 0 saturated carbocycles. The normalized spacial score (nSPS) is 17.8. The molecule has 1 aliphatic rings. The van der Waals surface area contributed by atoms with E-state index in [1.165, 1.54) is 0 Å². The number of rotatable bonds is 4. The number of fused-ring (bicyclic) bond motifs is 1. The van der Waals surface area contributed by atoms with Gasteiger partial charge in [0.05, 0.1) is 23.5 Å². The molecule has 124 valence electrons. The summed E-state index contributed by atoms with van der Waals surface area (Å²) in [5, 5.41) is 3.79. The van der Waals surface area contributed by atoms with Gasteiger partial charge < -0.3 is 10.3 Å². The van der Waals surface area contributed by atoms with Crippen LogP contribution >= 0.6 is 23.2 Å². The molecular formula is C17H15Cl2N3O2. The number of nitrogens with zero attached hydrogens (tertiary/aromatic N) is 1. The number of imidazole rings is 1. The Morgan fingerprint density at radius 2 is 2.25 bits per heavy atom. The van der Waals surface area contributed by atoms with Gasteiger partial charge in [0, 0.05) is 15.6 Å². The van der Waals surface area contributed by atoms with E-state index in [1.54, 1.807) is 24.3 Å². The highest BCUT2D eigenvalue weighted by Gasteiger charge is 2.19. The third-order valence-corrected chi connectivity index (χ3v) is 4.43. The van der Waals surface area contributed by atoms with Crippen LogP contribution in [0.5, 0.6) is 0 Å². The molecule has 5 nitrogen and oxygen atoms in total. The van der Waals surface area contributed by atoms with Gasteiger partial charge in [-0.1, -0.05) is 35.4 Å². The van der Waals surface area contributed by atoms with Crippen LogP contribution in [0, 0.1) is 5.92 Å². The van der Waals surface area contributed by atoms with Gasteiger partial charge in [-0.2, -0.15) is 0 Å². The summed E-state index contributed by atoms with van der Waals surface area (Å²) in [4.78, 5) is 30.8. The summed E-state index contributed by atoms with van der Waals surface area (Å²) in [6.45, 7) is 0.279. The molecule has 3 rings (SSSR count). The number of aromatic nitrogens is 2. The highest BCUT2D eigenvalue weighted by molar-refractivity contribution is 6.34. The van der Waals surface area contributed by atoms with Crippen LogP contribution in [0.2, 0.25) is 5.02 Å². The van der Waals surface area contributed by atoms with Crippen LogP contribution in [0.25, 0.3) is 11.0 Å². The van der Waals surface area contributed by atoms with E-state index in [9.17, 15) is 9.59 Å². The van der Waals surface area contributed by atoms with E-state index in [2.05, 4.69) is 15.3 Å². The Labute approximate surface area is 148 Å². The van der Waals surface area contributed by atoms with Crippen molar-refractivity contribution in [1.29, 1.82) is 0 Å². The number of halogens is 2. The second kappa shape index (κ2) is 7.20. The summed E-state index contributed by atoms with van der Waals surface area (Å²) in [5.74, 6) is 0.133. The van der Waals surface area contributed by atoms with Gasteiger partial charge in [-0.05, 0) is 31.0 Å². The van der Waals surface area contributed by atoms with Crippen molar-refractivity contribution in [3.63, 3.8) is 0 Å². The molecule has 2 aromatic rings. The predicted octanol–water partition coefficient (Wildman–Crippen LogP) is 3.49. The zero-order valence-corrected chi connectivity index (χ0v) is 14.2. The first kappa shape index (κ1) is 16.7. The summed E-state index contributed by atoms with van der Waals surface area (Å²) < 4.78 is 0. The monoisotopic (exact) mass is 363 g/mol. The maximum absolute atomic E-state index is 12.3. The number of H-pyrrole nitrogens is 1. The lowest BCUT2D eigenvalue weighted by molar-refractivity contribution is -0.124.